The van der Waals surface area contributed by atoms with E-state index in [4.69, 9.17) is 5.73 Å². The maximum Gasteiger partial charge on any atom is 0.175 e. The van der Waals surface area contributed by atoms with Crippen molar-refractivity contribution in [1.82, 2.24) is 0 Å². The summed E-state index contributed by atoms with van der Waals surface area (Å²) in [6.07, 6.45) is 2.36. The van der Waals surface area contributed by atoms with Gasteiger partial charge in [0.25, 0.3) is 0 Å². The number of anilines is 2. The SMILES string of the molecule is CS(=O)(=O)c1ccc(N2CCC(O)CC2)c(N)c1. The summed E-state index contributed by atoms with van der Waals surface area (Å²) >= 11 is 0. The molecule has 1 aromatic carbocycles. The van der Waals surface area contributed by atoms with Crippen molar-refractivity contribution in [3.05, 3.63) is 18.2 Å². The van der Waals surface area contributed by atoms with Crippen LogP contribution in [0, 0.1) is 0 Å². The maximum atomic E-state index is 11.4. The van der Waals surface area contributed by atoms with Gasteiger partial charge in [-0.3, -0.25) is 0 Å². The van der Waals surface area contributed by atoms with Crippen molar-refractivity contribution in [2.24, 2.45) is 0 Å². The molecular weight excluding hydrogens is 252 g/mol. The zero-order valence-corrected chi connectivity index (χ0v) is 11.2. The smallest absolute Gasteiger partial charge is 0.175 e. The van der Waals surface area contributed by atoms with Gasteiger partial charge in [0.1, 0.15) is 0 Å². The molecule has 0 bridgehead atoms. The summed E-state index contributed by atoms with van der Waals surface area (Å²) in [4.78, 5) is 2.31. The zero-order valence-electron chi connectivity index (χ0n) is 10.3. The van der Waals surface area contributed by atoms with Crippen LogP contribution in [0.4, 0.5) is 11.4 Å². The molecule has 0 aliphatic carbocycles. The van der Waals surface area contributed by atoms with Crippen molar-refractivity contribution in [2.45, 2.75) is 23.8 Å². The lowest BCUT2D eigenvalue weighted by Gasteiger charge is -2.32. The third-order valence-corrected chi connectivity index (χ3v) is 4.34. The van der Waals surface area contributed by atoms with Crippen LogP contribution in [0.5, 0.6) is 0 Å². The van der Waals surface area contributed by atoms with Gasteiger partial charge in [-0.25, -0.2) is 8.42 Å². The Bertz CT molecular complexity index is 534. The normalized spacial score (nSPS) is 18.0. The van der Waals surface area contributed by atoms with Crippen molar-refractivity contribution in [3.8, 4) is 0 Å². The van der Waals surface area contributed by atoms with Gasteiger partial charge in [0.15, 0.2) is 9.84 Å². The van der Waals surface area contributed by atoms with E-state index >= 15 is 0 Å². The van der Waals surface area contributed by atoms with Gasteiger partial charge in [-0.1, -0.05) is 0 Å². The Kier molecular flexibility index (Phi) is 3.49. The highest BCUT2D eigenvalue weighted by Crippen LogP contribution is 2.28. The monoisotopic (exact) mass is 270 g/mol. The number of hydrogen-bond acceptors (Lipinski definition) is 5. The molecule has 100 valence electrons. The molecule has 6 heteroatoms. The molecule has 0 spiro atoms. The summed E-state index contributed by atoms with van der Waals surface area (Å²) in [5, 5.41) is 9.46. The highest BCUT2D eigenvalue weighted by atomic mass is 32.2. The number of nitrogens with zero attached hydrogens (tertiary/aromatic N) is 1. The van der Waals surface area contributed by atoms with Crippen LogP contribution in [-0.4, -0.2) is 39.0 Å². The average Bonchev–Trinajstić information content (AvgIpc) is 2.29. The van der Waals surface area contributed by atoms with Crippen molar-refractivity contribution in [2.75, 3.05) is 30.0 Å². The first kappa shape index (κ1) is 13.2. The average molecular weight is 270 g/mol. The first-order valence-electron chi connectivity index (χ1n) is 5.90. The van der Waals surface area contributed by atoms with E-state index in [1.54, 1.807) is 12.1 Å². The fraction of sp³-hybridized carbons (Fsp3) is 0.500. The standard InChI is InChI=1S/C12H18N2O3S/c1-18(16,17)10-2-3-12(11(13)8-10)14-6-4-9(15)5-7-14/h2-3,8-9,15H,4-7,13H2,1H3. The molecule has 18 heavy (non-hydrogen) atoms. The molecule has 0 radical (unpaired) electrons. The number of hydrogen-bond donors (Lipinski definition) is 2. The number of piperidine rings is 1. The van der Waals surface area contributed by atoms with Gasteiger partial charge in [0.2, 0.25) is 0 Å². The molecule has 1 aliphatic rings. The van der Waals surface area contributed by atoms with Gasteiger partial charge in [-0.05, 0) is 31.0 Å². The molecule has 3 N–H and O–H groups in total. The van der Waals surface area contributed by atoms with Crippen molar-refractivity contribution in [3.63, 3.8) is 0 Å². The summed E-state index contributed by atoms with van der Waals surface area (Å²) < 4.78 is 22.8. The van der Waals surface area contributed by atoms with Gasteiger partial charge in [-0.15, -0.1) is 0 Å². The Labute approximate surface area is 107 Å². The van der Waals surface area contributed by atoms with E-state index in [2.05, 4.69) is 4.90 Å². The summed E-state index contributed by atoms with van der Waals surface area (Å²) in [5.41, 5.74) is 7.22. The zero-order chi connectivity index (χ0) is 13.3. The minimum absolute atomic E-state index is 0.237. The predicted molar refractivity (Wildman–Crippen MR) is 71.4 cm³/mol. The quantitative estimate of drug-likeness (QED) is 0.770. The molecule has 0 atom stereocenters. The fourth-order valence-corrected chi connectivity index (χ4v) is 2.81. The molecule has 0 aromatic heterocycles. The van der Waals surface area contributed by atoms with E-state index in [-0.39, 0.29) is 11.0 Å². The Hall–Kier alpha value is -1.27. The second-order valence-corrected chi connectivity index (χ2v) is 6.73. The number of nitrogen functional groups attached to an aromatic ring is 1. The van der Waals surface area contributed by atoms with E-state index in [1.165, 1.54) is 12.3 Å². The van der Waals surface area contributed by atoms with E-state index in [0.717, 1.165) is 18.8 Å². The molecule has 1 fully saturated rings. The van der Waals surface area contributed by atoms with Gasteiger partial charge in [-0.2, -0.15) is 0 Å². The lowest BCUT2D eigenvalue weighted by molar-refractivity contribution is 0.145. The molecular formula is C12H18N2O3S. The Morgan fingerprint density at radius 2 is 1.94 bits per heavy atom. The van der Waals surface area contributed by atoms with Crippen LogP contribution in [0.25, 0.3) is 0 Å². The predicted octanol–water partition coefficient (Wildman–Crippen LogP) is 0.633. The molecule has 0 amide bonds. The largest absolute Gasteiger partial charge is 0.397 e. The number of aliphatic hydroxyl groups is 1. The van der Waals surface area contributed by atoms with Crippen LogP contribution in [0.2, 0.25) is 0 Å². The summed E-state index contributed by atoms with van der Waals surface area (Å²) in [6.45, 7) is 1.48. The summed E-state index contributed by atoms with van der Waals surface area (Å²) in [7, 11) is -3.22. The number of sulfone groups is 1. The van der Waals surface area contributed by atoms with Crippen LogP contribution >= 0.6 is 0 Å². The second kappa shape index (κ2) is 4.78. The molecule has 1 aromatic rings. The first-order valence-corrected chi connectivity index (χ1v) is 7.79. The number of aliphatic hydroxyl groups excluding tert-OH is 1. The molecule has 2 rings (SSSR count). The molecule has 5 nitrogen and oxygen atoms in total. The third-order valence-electron chi connectivity index (χ3n) is 3.23. The maximum absolute atomic E-state index is 11.4. The fourth-order valence-electron chi connectivity index (χ4n) is 2.16. The van der Waals surface area contributed by atoms with Gasteiger partial charge >= 0.3 is 0 Å². The third kappa shape index (κ3) is 2.76. The topological polar surface area (TPSA) is 83.6 Å². The summed E-state index contributed by atoms with van der Waals surface area (Å²) in [6, 6.07) is 4.81. The minimum Gasteiger partial charge on any atom is -0.397 e. The minimum atomic E-state index is -3.22. The van der Waals surface area contributed by atoms with Gasteiger partial charge in [0, 0.05) is 19.3 Å². The number of nitrogens with two attached hydrogens (primary N) is 1. The van der Waals surface area contributed by atoms with Crippen molar-refractivity contribution in [1.29, 1.82) is 0 Å². The first-order chi connectivity index (χ1) is 8.38. The number of benzene rings is 1. The van der Waals surface area contributed by atoms with Crippen LogP contribution in [0.3, 0.4) is 0 Å². The van der Waals surface area contributed by atoms with E-state index in [1.807, 2.05) is 0 Å². The van der Waals surface area contributed by atoms with E-state index in [0.29, 0.717) is 18.5 Å². The van der Waals surface area contributed by atoms with Crippen LogP contribution in [0.15, 0.2) is 23.1 Å². The molecule has 1 heterocycles. The van der Waals surface area contributed by atoms with Gasteiger partial charge in [0.05, 0.1) is 22.4 Å². The Morgan fingerprint density at radius 1 is 1.33 bits per heavy atom. The lowest BCUT2D eigenvalue weighted by Crippen LogP contribution is -2.36. The van der Waals surface area contributed by atoms with Gasteiger partial charge < -0.3 is 15.7 Å². The summed E-state index contributed by atoms with van der Waals surface area (Å²) in [5.74, 6) is 0. The Balaban J connectivity index is 2.25. The van der Waals surface area contributed by atoms with Crippen LogP contribution < -0.4 is 10.6 Å². The number of rotatable bonds is 2. The van der Waals surface area contributed by atoms with Crippen molar-refractivity contribution < 1.29 is 13.5 Å². The van der Waals surface area contributed by atoms with Crippen molar-refractivity contribution >= 4 is 21.2 Å². The van der Waals surface area contributed by atoms with Crippen LogP contribution in [0.1, 0.15) is 12.8 Å². The van der Waals surface area contributed by atoms with E-state index in [9.17, 15) is 13.5 Å². The lowest BCUT2D eigenvalue weighted by atomic mass is 10.1. The highest BCUT2D eigenvalue weighted by Gasteiger charge is 2.19. The highest BCUT2D eigenvalue weighted by molar-refractivity contribution is 7.90. The second-order valence-electron chi connectivity index (χ2n) is 4.71. The van der Waals surface area contributed by atoms with Crippen LogP contribution in [-0.2, 0) is 9.84 Å². The Morgan fingerprint density at radius 3 is 2.44 bits per heavy atom. The molecule has 1 saturated heterocycles. The molecule has 0 unspecified atom stereocenters. The van der Waals surface area contributed by atoms with E-state index < -0.39 is 9.84 Å². The molecule has 1 aliphatic heterocycles. The molecule has 0 saturated carbocycles.